The normalized spacial score (nSPS) is 17.3. The van der Waals surface area contributed by atoms with Crippen LogP contribution >= 0.6 is 0 Å². The zero-order chi connectivity index (χ0) is 9.10. The first-order chi connectivity index (χ1) is 6.40. The quantitative estimate of drug-likeness (QED) is 0.718. The molecule has 1 aromatic heterocycles. The molecular weight excluding hydrogens is 168 g/mol. The average molecular weight is 182 g/mol. The minimum Gasteiger partial charge on any atom is -0.448 e. The van der Waals surface area contributed by atoms with Gasteiger partial charge in [0.05, 0.1) is 19.3 Å². The maximum absolute atomic E-state index is 5.36. The summed E-state index contributed by atoms with van der Waals surface area (Å²) in [5.74, 6) is 1.45. The van der Waals surface area contributed by atoms with Gasteiger partial charge in [-0.05, 0) is 12.8 Å². The van der Waals surface area contributed by atoms with E-state index in [0.717, 1.165) is 11.6 Å². The third kappa shape index (κ3) is 1.89. The second kappa shape index (κ2) is 3.89. The average Bonchev–Trinajstić information content (AvgIpc) is 2.46. The van der Waals surface area contributed by atoms with Crippen LogP contribution in [0.5, 0.6) is 0 Å². The van der Waals surface area contributed by atoms with Crippen LogP contribution in [0.3, 0.4) is 0 Å². The molecule has 0 unspecified atom stereocenters. The van der Waals surface area contributed by atoms with E-state index in [9.17, 15) is 0 Å². The minimum absolute atomic E-state index is 0.566. The molecule has 0 radical (unpaired) electrons. The molecule has 0 saturated heterocycles. The molecule has 72 valence electrons. The lowest BCUT2D eigenvalue weighted by Crippen LogP contribution is -2.12. The van der Waals surface area contributed by atoms with Crippen molar-refractivity contribution in [3.05, 3.63) is 17.8 Å². The lowest BCUT2D eigenvalue weighted by atomic mass is 9.85. The van der Waals surface area contributed by atoms with Gasteiger partial charge in [0.15, 0.2) is 5.89 Å². The third-order valence-electron chi connectivity index (χ3n) is 2.42. The van der Waals surface area contributed by atoms with Crippen molar-refractivity contribution in [2.24, 2.45) is 0 Å². The molecule has 1 fully saturated rings. The number of oxazole rings is 1. The van der Waals surface area contributed by atoms with Crippen LogP contribution in [0.15, 0.2) is 10.7 Å². The van der Waals surface area contributed by atoms with E-state index < -0.39 is 0 Å². The van der Waals surface area contributed by atoms with Gasteiger partial charge in [0.25, 0.3) is 0 Å². The van der Waals surface area contributed by atoms with Crippen molar-refractivity contribution in [3.63, 3.8) is 0 Å². The van der Waals surface area contributed by atoms with E-state index in [1.165, 1.54) is 19.3 Å². The molecule has 1 saturated carbocycles. The van der Waals surface area contributed by atoms with Gasteiger partial charge in [0.1, 0.15) is 6.26 Å². The highest BCUT2D eigenvalue weighted by Crippen LogP contribution is 2.35. The Morgan fingerprint density at radius 3 is 3.15 bits per heavy atom. The topological polar surface area (TPSA) is 47.3 Å². The zero-order valence-corrected chi connectivity index (χ0v) is 7.75. The number of aromatic nitrogens is 1. The van der Waals surface area contributed by atoms with E-state index in [4.69, 9.17) is 9.25 Å². The molecule has 0 bridgehead atoms. The van der Waals surface area contributed by atoms with Crippen LogP contribution in [0.2, 0.25) is 0 Å². The maximum atomic E-state index is 5.36. The molecule has 13 heavy (non-hydrogen) atoms. The number of nitrogens with zero attached hydrogens (tertiary/aromatic N) is 1. The van der Waals surface area contributed by atoms with Gasteiger partial charge in [-0.25, -0.2) is 4.98 Å². The number of hydrogen-bond donors (Lipinski definition) is 1. The second-order valence-corrected chi connectivity index (χ2v) is 3.33. The summed E-state index contributed by atoms with van der Waals surface area (Å²) >= 11 is 0. The van der Waals surface area contributed by atoms with Gasteiger partial charge in [-0.2, -0.15) is 5.48 Å². The predicted octanol–water partition coefficient (Wildman–Crippen LogP) is 1.59. The third-order valence-corrected chi connectivity index (χ3v) is 2.42. The minimum atomic E-state index is 0.566. The van der Waals surface area contributed by atoms with Gasteiger partial charge in [-0.15, -0.1) is 0 Å². The Morgan fingerprint density at radius 1 is 1.69 bits per heavy atom. The highest BCUT2D eigenvalue weighted by Gasteiger charge is 2.23. The van der Waals surface area contributed by atoms with E-state index in [0.29, 0.717) is 12.5 Å². The van der Waals surface area contributed by atoms with E-state index in [2.05, 4.69) is 10.5 Å². The fraction of sp³-hybridized carbons (Fsp3) is 0.667. The van der Waals surface area contributed by atoms with Crippen LogP contribution in [-0.4, -0.2) is 12.1 Å². The number of nitrogens with one attached hydrogen (secondary N) is 1. The lowest BCUT2D eigenvalue weighted by Gasteiger charge is -2.21. The summed E-state index contributed by atoms with van der Waals surface area (Å²) in [6.45, 7) is 0.604. The molecule has 4 heteroatoms. The molecule has 1 N–H and O–H groups in total. The van der Waals surface area contributed by atoms with E-state index >= 15 is 0 Å². The van der Waals surface area contributed by atoms with Crippen molar-refractivity contribution in [2.75, 3.05) is 7.11 Å². The van der Waals surface area contributed by atoms with Gasteiger partial charge < -0.3 is 9.25 Å². The van der Waals surface area contributed by atoms with Gasteiger partial charge in [-0.3, -0.25) is 0 Å². The molecule has 1 heterocycles. The Kier molecular flexibility index (Phi) is 2.61. The standard InChI is InChI=1S/C9H14N2O2/c1-12-10-5-8-6-13-9(11-8)7-3-2-4-7/h6-7,10H,2-5H2,1H3. The summed E-state index contributed by atoms with van der Waals surface area (Å²) in [4.78, 5) is 9.08. The van der Waals surface area contributed by atoms with E-state index in [1.807, 2.05) is 0 Å². The Labute approximate surface area is 77.2 Å². The van der Waals surface area contributed by atoms with Crippen molar-refractivity contribution >= 4 is 0 Å². The summed E-state index contributed by atoms with van der Waals surface area (Å²) in [7, 11) is 1.59. The smallest absolute Gasteiger partial charge is 0.197 e. The first kappa shape index (κ1) is 8.72. The highest BCUT2D eigenvalue weighted by atomic mass is 16.6. The van der Waals surface area contributed by atoms with Gasteiger partial charge in [-0.1, -0.05) is 6.42 Å². The van der Waals surface area contributed by atoms with Crippen LogP contribution in [0.25, 0.3) is 0 Å². The summed E-state index contributed by atoms with van der Waals surface area (Å²) in [6, 6.07) is 0. The fourth-order valence-electron chi connectivity index (χ4n) is 1.39. The maximum Gasteiger partial charge on any atom is 0.197 e. The van der Waals surface area contributed by atoms with Crippen molar-refractivity contribution in [1.29, 1.82) is 0 Å². The second-order valence-electron chi connectivity index (χ2n) is 3.33. The van der Waals surface area contributed by atoms with Crippen molar-refractivity contribution < 1.29 is 9.25 Å². The van der Waals surface area contributed by atoms with Gasteiger partial charge in [0.2, 0.25) is 0 Å². The molecule has 0 aliphatic heterocycles. The number of hydrogen-bond acceptors (Lipinski definition) is 4. The monoisotopic (exact) mass is 182 g/mol. The van der Waals surface area contributed by atoms with Crippen molar-refractivity contribution in [3.8, 4) is 0 Å². The first-order valence-corrected chi connectivity index (χ1v) is 4.60. The van der Waals surface area contributed by atoms with Crippen molar-refractivity contribution in [2.45, 2.75) is 31.7 Å². The summed E-state index contributed by atoms with van der Waals surface area (Å²) in [6.07, 6.45) is 5.44. The Bertz CT molecular complexity index is 268. The molecule has 4 nitrogen and oxygen atoms in total. The Morgan fingerprint density at radius 2 is 2.54 bits per heavy atom. The molecule has 1 aromatic rings. The fourth-order valence-corrected chi connectivity index (χ4v) is 1.39. The van der Waals surface area contributed by atoms with Gasteiger partial charge in [0, 0.05) is 5.92 Å². The van der Waals surface area contributed by atoms with E-state index in [1.54, 1.807) is 13.4 Å². The SMILES string of the molecule is CONCc1coc(C2CCC2)n1. The van der Waals surface area contributed by atoms with Crippen LogP contribution in [0.1, 0.15) is 36.8 Å². The molecule has 0 amide bonds. The van der Waals surface area contributed by atoms with Crippen LogP contribution in [0.4, 0.5) is 0 Å². The molecular formula is C9H14N2O2. The molecule has 0 atom stereocenters. The molecule has 2 rings (SSSR count). The summed E-state index contributed by atoms with van der Waals surface area (Å²) in [5.41, 5.74) is 3.64. The molecule has 0 spiro atoms. The summed E-state index contributed by atoms with van der Waals surface area (Å²) < 4.78 is 5.36. The molecule has 0 aromatic carbocycles. The van der Waals surface area contributed by atoms with Crippen molar-refractivity contribution in [1.82, 2.24) is 10.5 Å². The summed E-state index contributed by atoms with van der Waals surface area (Å²) in [5, 5.41) is 0. The Hall–Kier alpha value is -0.870. The largest absolute Gasteiger partial charge is 0.448 e. The van der Waals surface area contributed by atoms with Crippen LogP contribution in [0, 0.1) is 0 Å². The number of hydroxylamine groups is 1. The first-order valence-electron chi connectivity index (χ1n) is 4.60. The zero-order valence-electron chi connectivity index (χ0n) is 7.75. The molecule has 1 aliphatic rings. The Balaban J connectivity index is 1.92. The molecule has 1 aliphatic carbocycles. The predicted molar refractivity (Wildman–Crippen MR) is 46.9 cm³/mol. The van der Waals surface area contributed by atoms with Crippen LogP contribution in [-0.2, 0) is 11.4 Å². The van der Waals surface area contributed by atoms with E-state index in [-0.39, 0.29) is 0 Å². The highest BCUT2D eigenvalue weighted by molar-refractivity contribution is 5.02. The lowest BCUT2D eigenvalue weighted by molar-refractivity contribution is 0.0858. The number of rotatable bonds is 4. The van der Waals surface area contributed by atoms with Crippen LogP contribution < -0.4 is 5.48 Å². The van der Waals surface area contributed by atoms with Gasteiger partial charge >= 0.3 is 0 Å².